The molecular formula is C22H36N4O3. The number of rotatable bonds is 6. The fraction of sp³-hybridized carbons (Fsp3) is 0.636. The second-order valence-electron chi connectivity index (χ2n) is 8.57. The van der Waals surface area contributed by atoms with Gasteiger partial charge in [0.05, 0.1) is 11.4 Å². The molecule has 0 aromatic heterocycles. The first kappa shape index (κ1) is 22.8. The van der Waals surface area contributed by atoms with Gasteiger partial charge >= 0.3 is 6.09 Å². The summed E-state index contributed by atoms with van der Waals surface area (Å²) in [5.41, 5.74) is 7.74. The number of hydrogen-bond donors (Lipinski definition) is 2. The molecule has 1 aromatic carbocycles. The van der Waals surface area contributed by atoms with Gasteiger partial charge in [-0.2, -0.15) is 0 Å². The minimum Gasteiger partial charge on any atom is -0.444 e. The van der Waals surface area contributed by atoms with Gasteiger partial charge in [-0.25, -0.2) is 4.79 Å². The Kier molecular flexibility index (Phi) is 7.76. The van der Waals surface area contributed by atoms with E-state index in [2.05, 4.69) is 5.32 Å². The number of nitrogens with zero attached hydrogens (tertiary/aromatic N) is 2. The van der Waals surface area contributed by atoms with Crippen LogP contribution in [0.1, 0.15) is 57.8 Å². The summed E-state index contributed by atoms with van der Waals surface area (Å²) in [5, 5.41) is 3.40. The van der Waals surface area contributed by atoms with Crippen molar-refractivity contribution in [3.05, 3.63) is 23.8 Å². The molecule has 1 aliphatic heterocycles. The van der Waals surface area contributed by atoms with Crippen LogP contribution in [0.5, 0.6) is 0 Å². The Hall–Kier alpha value is -2.44. The predicted molar refractivity (Wildman–Crippen MR) is 117 cm³/mol. The number of ether oxygens (including phenoxy) is 1. The van der Waals surface area contributed by atoms with Crippen molar-refractivity contribution >= 4 is 23.4 Å². The molecule has 1 aromatic rings. The highest BCUT2D eigenvalue weighted by atomic mass is 16.6. The van der Waals surface area contributed by atoms with Gasteiger partial charge in [0.15, 0.2) is 0 Å². The quantitative estimate of drug-likeness (QED) is 0.704. The number of amides is 2. The molecule has 0 bridgehead atoms. The minimum absolute atomic E-state index is 0.00256. The van der Waals surface area contributed by atoms with E-state index in [1.165, 1.54) is 0 Å². The molecule has 0 atom stereocenters. The third-order valence-electron chi connectivity index (χ3n) is 5.20. The Bertz CT molecular complexity index is 702. The van der Waals surface area contributed by atoms with Gasteiger partial charge < -0.3 is 25.6 Å². The van der Waals surface area contributed by atoms with E-state index in [1.807, 2.05) is 46.8 Å². The lowest BCUT2D eigenvalue weighted by Crippen LogP contribution is -2.42. The molecule has 2 rings (SSSR count). The maximum atomic E-state index is 12.5. The first-order valence-electron chi connectivity index (χ1n) is 10.5. The van der Waals surface area contributed by atoms with E-state index in [1.54, 1.807) is 15.9 Å². The fourth-order valence-electron chi connectivity index (χ4n) is 3.45. The second kappa shape index (κ2) is 9.85. The fourth-order valence-corrected chi connectivity index (χ4v) is 3.45. The number of anilines is 2. The van der Waals surface area contributed by atoms with Gasteiger partial charge in [0.2, 0.25) is 0 Å². The molecule has 162 valence electrons. The Morgan fingerprint density at radius 1 is 1.21 bits per heavy atom. The smallest absolute Gasteiger partial charge is 0.410 e. The van der Waals surface area contributed by atoms with Crippen LogP contribution in [0.3, 0.4) is 0 Å². The molecule has 1 fully saturated rings. The molecule has 0 saturated carbocycles. The van der Waals surface area contributed by atoms with E-state index in [9.17, 15) is 9.59 Å². The largest absolute Gasteiger partial charge is 0.444 e. The molecule has 1 saturated heterocycles. The molecule has 1 aliphatic rings. The lowest BCUT2D eigenvalue weighted by molar-refractivity contribution is 0.0188. The standard InChI is InChI=1S/C22H36N4O3/c1-6-25(7-2)20(27)17-8-9-19(18(23)14-17)24-15-16-10-12-26(13-11-16)21(28)29-22(3,4)5/h8-9,14,16,24H,6-7,10-13,15,23H2,1-5H3. The molecule has 7 heteroatoms. The summed E-state index contributed by atoms with van der Waals surface area (Å²) in [6, 6.07) is 5.44. The highest BCUT2D eigenvalue weighted by Crippen LogP contribution is 2.24. The van der Waals surface area contributed by atoms with Crippen LogP contribution in [0.15, 0.2) is 18.2 Å². The van der Waals surface area contributed by atoms with Gasteiger partial charge in [-0.15, -0.1) is 0 Å². The first-order chi connectivity index (χ1) is 13.6. The zero-order valence-corrected chi connectivity index (χ0v) is 18.5. The lowest BCUT2D eigenvalue weighted by atomic mass is 9.97. The molecule has 0 spiro atoms. The maximum absolute atomic E-state index is 12.5. The SMILES string of the molecule is CCN(CC)C(=O)c1ccc(NCC2CCN(C(=O)OC(C)(C)C)CC2)c(N)c1. The number of carbonyl (C=O) groups excluding carboxylic acids is 2. The van der Waals surface area contributed by atoms with E-state index in [0.29, 0.717) is 43.3 Å². The average molecular weight is 405 g/mol. The summed E-state index contributed by atoms with van der Waals surface area (Å²) in [5.74, 6) is 0.466. The number of nitrogens with two attached hydrogens (primary N) is 1. The summed E-state index contributed by atoms with van der Waals surface area (Å²) in [6.45, 7) is 13.1. The van der Waals surface area contributed by atoms with E-state index in [4.69, 9.17) is 10.5 Å². The molecular weight excluding hydrogens is 368 g/mol. The van der Waals surface area contributed by atoms with Crippen molar-refractivity contribution in [2.45, 2.75) is 53.1 Å². The Balaban J connectivity index is 1.85. The van der Waals surface area contributed by atoms with Crippen molar-refractivity contribution in [3.8, 4) is 0 Å². The van der Waals surface area contributed by atoms with Gasteiger partial charge in [0.25, 0.3) is 5.91 Å². The van der Waals surface area contributed by atoms with Crippen LogP contribution in [0.4, 0.5) is 16.2 Å². The topological polar surface area (TPSA) is 87.9 Å². The second-order valence-corrected chi connectivity index (χ2v) is 8.57. The highest BCUT2D eigenvalue weighted by Gasteiger charge is 2.26. The van der Waals surface area contributed by atoms with Crippen LogP contribution >= 0.6 is 0 Å². The Labute approximate surface area is 174 Å². The van der Waals surface area contributed by atoms with E-state index < -0.39 is 5.60 Å². The number of piperidine rings is 1. The van der Waals surface area contributed by atoms with Crippen molar-refractivity contribution in [3.63, 3.8) is 0 Å². The van der Waals surface area contributed by atoms with Crippen LogP contribution in [-0.4, -0.2) is 60.1 Å². The Morgan fingerprint density at radius 2 is 1.83 bits per heavy atom. The number of benzene rings is 1. The number of nitrogen functional groups attached to an aromatic ring is 1. The van der Waals surface area contributed by atoms with E-state index in [-0.39, 0.29) is 12.0 Å². The summed E-state index contributed by atoms with van der Waals surface area (Å²) < 4.78 is 5.44. The Morgan fingerprint density at radius 3 is 2.34 bits per heavy atom. The normalized spacial score (nSPS) is 15.1. The van der Waals surface area contributed by atoms with Crippen LogP contribution in [0.25, 0.3) is 0 Å². The van der Waals surface area contributed by atoms with Crippen LogP contribution in [-0.2, 0) is 4.74 Å². The van der Waals surface area contributed by atoms with Crippen molar-refractivity contribution in [1.82, 2.24) is 9.80 Å². The molecule has 29 heavy (non-hydrogen) atoms. The molecule has 3 N–H and O–H groups in total. The maximum Gasteiger partial charge on any atom is 0.410 e. The predicted octanol–water partition coefficient (Wildman–Crippen LogP) is 3.81. The average Bonchev–Trinajstić information content (AvgIpc) is 2.67. The van der Waals surface area contributed by atoms with Crippen LogP contribution in [0, 0.1) is 5.92 Å². The molecule has 0 aliphatic carbocycles. The number of hydrogen-bond acceptors (Lipinski definition) is 5. The molecule has 0 radical (unpaired) electrons. The van der Waals surface area contributed by atoms with Gasteiger partial charge in [-0.05, 0) is 71.6 Å². The van der Waals surface area contributed by atoms with Gasteiger partial charge in [-0.3, -0.25) is 4.79 Å². The molecule has 0 unspecified atom stereocenters. The lowest BCUT2D eigenvalue weighted by Gasteiger charge is -2.33. The summed E-state index contributed by atoms with van der Waals surface area (Å²) in [6.07, 6.45) is 1.61. The molecule has 1 heterocycles. The third kappa shape index (κ3) is 6.54. The van der Waals surface area contributed by atoms with Crippen molar-refractivity contribution in [1.29, 1.82) is 0 Å². The first-order valence-corrected chi connectivity index (χ1v) is 10.5. The number of carbonyl (C=O) groups is 2. The van der Waals surface area contributed by atoms with Gasteiger partial charge in [-0.1, -0.05) is 0 Å². The van der Waals surface area contributed by atoms with Crippen molar-refractivity contribution < 1.29 is 14.3 Å². The minimum atomic E-state index is -0.466. The number of likely N-dealkylation sites (tertiary alicyclic amines) is 1. The zero-order valence-electron chi connectivity index (χ0n) is 18.5. The molecule has 7 nitrogen and oxygen atoms in total. The van der Waals surface area contributed by atoms with Crippen molar-refractivity contribution in [2.24, 2.45) is 5.92 Å². The van der Waals surface area contributed by atoms with Gasteiger partial charge in [0.1, 0.15) is 5.60 Å². The number of nitrogens with one attached hydrogen (secondary N) is 1. The van der Waals surface area contributed by atoms with Crippen LogP contribution < -0.4 is 11.1 Å². The van der Waals surface area contributed by atoms with E-state index in [0.717, 1.165) is 25.1 Å². The zero-order chi connectivity index (χ0) is 21.6. The van der Waals surface area contributed by atoms with E-state index >= 15 is 0 Å². The summed E-state index contributed by atoms with van der Waals surface area (Å²) in [7, 11) is 0. The monoisotopic (exact) mass is 404 g/mol. The van der Waals surface area contributed by atoms with Crippen molar-refractivity contribution in [2.75, 3.05) is 43.8 Å². The van der Waals surface area contributed by atoms with Gasteiger partial charge in [0, 0.05) is 38.3 Å². The van der Waals surface area contributed by atoms with Crippen LogP contribution in [0.2, 0.25) is 0 Å². The summed E-state index contributed by atoms with van der Waals surface area (Å²) in [4.78, 5) is 28.2. The molecule has 2 amide bonds. The highest BCUT2D eigenvalue weighted by molar-refractivity contribution is 5.96. The summed E-state index contributed by atoms with van der Waals surface area (Å²) >= 11 is 0. The third-order valence-corrected chi connectivity index (χ3v) is 5.20.